The second kappa shape index (κ2) is 7.79. The molecule has 0 bridgehead atoms. The van der Waals surface area contributed by atoms with E-state index in [0.29, 0.717) is 0 Å². The Hall–Kier alpha value is -2.87. The maximum Gasteiger partial charge on any atom is 0.412 e. The number of amides is 1. The summed E-state index contributed by atoms with van der Waals surface area (Å²) in [6.45, 7) is 5.46. The van der Waals surface area contributed by atoms with Crippen LogP contribution in [0.15, 0.2) is 36.4 Å². The lowest BCUT2D eigenvalue weighted by Crippen LogP contribution is -2.37. The molecule has 0 aliphatic rings. The summed E-state index contributed by atoms with van der Waals surface area (Å²) >= 11 is 5.62. The molecule has 0 fully saturated rings. The first kappa shape index (κ1) is 20.4. The van der Waals surface area contributed by atoms with Crippen molar-refractivity contribution in [1.82, 2.24) is 0 Å². The molecule has 0 saturated heterocycles. The number of hydrogen-bond acceptors (Lipinski definition) is 4. The fraction of sp³-hybridized carbons (Fsp3) is 0.278. The molecule has 7 nitrogen and oxygen atoms in total. The molecule has 2 aromatic rings. The van der Waals surface area contributed by atoms with Crippen molar-refractivity contribution in [3.8, 4) is 11.5 Å². The first-order valence-electron chi connectivity index (χ1n) is 7.90. The van der Waals surface area contributed by atoms with Crippen LogP contribution in [0.1, 0.15) is 20.8 Å². The van der Waals surface area contributed by atoms with E-state index in [9.17, 15) is 24.4 Å². The van der Waals surface area contributed by atoms with Gasteiger partial charge in [0.05, 0.1) is 9.95 Å². The smallest absolute Gasteiger partial charge is 0.412 e. The fourth-order valence-corrected chi connectivity index (χ4v) is 2.51. The zero-order valence-electron chi connectivity index (χ0n) is 14.9. The highest BCUT2D eigenvalue weighted by molar-refractivity contribution is 6.30. The number of carbonyl (C=O) groups is 1. The third kappa shape index (κ3) is 5.07. The Bertz CT molecular complexity index is 883. The minimum Gasteiger partial charge on any atom is -0.465 e. The van der Waals surface area contributed by atoms with Gasteiger partial charge in [-0.15, -0.1) is 0 Å². The molecule has 27 heavy (non-hydrogen) atoms. The zero-order chi connectivity index (χ0) is 20.4. The van der Waals surface area contributed by atoms with E-state index in [2.05, 4.69) is 0 Å². The Balaban J connectivity index is 2.53. The largest absolute Gasteiger partial charge is 0.465 e. The SMILES string of the molecule is CC(C)(C)CN(C(=O)O)c1cccc(Oc2ccc(Cl)c(F)c2)c1[N+](=O)[O-]. The van der Waals surface area contributed by atoms with Gasteiger partial charge < -0.3 is 9.84 Å². The molecular weight excluding hydrogens is 379 g/mol. The number of nitro benzene ring substituents is 1. The van der Waals surface area contributed by atoms with Gasteiger partial charge in [-0.1, -0.05) is 38.4 Å². The van der Waals surface area contributed by atoms with Crippen LogP contribution in [0.2, 0.25) is 5.02 Å². The highest BCUT2D eigenvalue weighted by atomic mass is 35.5. The Morgan fingerprint density at radius 3 is 2.52 bits per heavy atom. The molecule has 1 N–H and O–H groups in total. The van der Waals surface area contributed by atoms with E-state index in [1.807, 2.05) is 20.8 Å². The molecule has 1 amide bonds. The first-order valence-corrected chi connectivity index (χ1v) is 8.28. The molecule has 9 heteroatoms. The molecule has 2 aromatic carbocycles. The lowest BCUT2D eigenvalue weighted by molar-refractivity contribution is -0.384. The number of nitrogens with zero attached hydrogens (tertiary/aromatic N) is 2. The summed E-state index contributed by atoms with van der Waals surface area (Å²) < 4.78 is 19.1. The number of hydrogen-bond donors (Lipinski definition) is 1. The highest BCUT2D eigenvalue weighted by Crippen LogP contribution is 2.40. The van der Waals surface area contributed by atoms with E-state index in [1.54, 1.807) is 0 Å². The molecular formula is C18H18ClFN2O5. The van der Waals surface area contributed by atoms with Crippen LogP contribution in [-0.4, -0.2) is 22.7 Å². The van der Waals surface area contributed by atoms with Crippen LogP contribution in [-0.2, 0) is 0 Å². The topological polar surface area (TPSA) is 92.9 Å². The van der Waals surface area contributed by atoms with Crippen molar-refractivity contribution in [3.63, 3.8) is 0 Å². The molecule has 2 rings (SSSR count). The Morgan fingerprint density at radius 1 is 1.33 bits per heavy atom. The van der Waals surface area contributed by atoms with Crippen LogP contribution in [0.3, 0.4) is 0 Å². The lowest BCUT2D eigenvalue weighted by atomic mass is 9.96. The highest BCUT2D eigenvalue weighted by Gasteiger charge is 2.31. The molecule has 0 spiro atoms. The number of benzene rings is 2. The molecule has 0 radical (unpaired) electrons. The van der Waals surface area contributed by atoms with Gasteiger partial charge in [-0.3, -0.25) is 15.0 Å². The normalized spacial score (nSPS) is 11.1. The predicted molar refractivity (Wildman–Crippen MR) is 99.4 cm³/mol. The van der Waals surface area contributed by atoms with Crippen LogP contribution in [0.25, 0.3) is 0 Å². The molecule has 0 aromatic heterocycles. The van der Waals surface area contributed by atoms with E-state index in [0.717, 1.165) is 11.0 Å². The number of para-hydroxylation sites is 1. The number of ether oxygens (including phenoxy) is 1. The van der Waals surface area contributed by atoms with E-state index < -0.39 is 27.9 Å². The van der Waals surface area contributed by atoms with E-state index in [-0.39, 0.29) is 28.8 Å². The average Bonchev–Trinajstić information content (AvgIpc) is 2.54. The van der Waals surface area contributed by atoms with Gasteiger partial charge in [-0.2, -0.15) is 0 Å². The molecule has 0 atom stereocenters. The monoisotopic (exact) mass is 396 g/mol. The van der Waals surface area contributed by atoms with Gasteiger partial charge in [0.2, 0.25) is 5.75 Å². The van der Waals surface area contributed by atoms with Gasteiger partial charge in [0, 0.05) is 12.6 Å². The predicted octanol–water partition coefficient (Wildman–Crippen LogP) is 5.71. The summed E-state index contributed by atoms with van der Waals surface area (Å²) in [5, 5.41) is 21.1. The fourth-order valence-electron chi connectivity index (χ4n) is 2.39. The van der Waals surface area contributed by atoms with Crippen LogP contribution < -0.4 is 9.64 Å². The van der Waals surface area contributed by atoms with E-state index >= 15 is 0 Å². The van der Waals surface area contributed by atoms with Gasteiger partial charge in [0.1, 0.15) is 17.3 Å². The van der Waals surface area contributed by atoms with Crippen LogP contribution >= 0.6 is 11.6 Å². The lowest BCUT2D eigenvalue weighted by Gasteiger charge is -2.27. The molecule has 0 unspecified atom stereocenters. The van der Waals surface area contributed by atoms with E-state index in [4.69, 9.17) is 16.3 Å². The van der Waals surface area contributed by atoms with Crippen molar-refractivity contribution in [1.29, 1.82) is 0 Å². The molecule has 0 aliphatic carbocycles. The molecule has 0 aliphatic heterocycles. The van der Waals surface area contributed by atoms with E-state index in [1.165, 1.54) is 30.3 Å². The van der Waals surface area contributed by atoms with Crippen molar-refractivity contribution < 1.29 is 24.0 Å². The Labute approximate surface area is 160 Å². The van der Waals surface area contributed by atoms with Gasteiger partial charge >= 0.3 is 11.8 Å². The number of carboxylic acid groups (broad SMARTS) is 1. The minimum absolute atomic E-state index is 0.00477. The number of halogens is 2. The van der Waals surface area contributed by atoms with Gasteiger partial charge in [0.15, 0.2) is 0 Å². The van der Waals surface area contributed by atoms with Crippen LogP contribution in [0, 0.1) is 21.3 Å². The third-order valence-electron chi connectivity index (χ3n) is 3.43. The van der Waals surface area contributed by atoms with Crippen molar-refractivity contribution >= 4 is 29.1 Å². The van der Waals surface area contributed by atoms with Crippen LogP contribution in [0.4, 0.5) is 20.6 Å². The van der Waals surface area contributed by atoms with Crippen molar-refractivity contribution in [3.05, 3.63) is 57.4 Å². The summed E-state index contributed by atoms with van der Waals surface area (Å²) in [5.41, 5.74) is -1.10. The zero-order valence-corrected chi connectivity index (χ0v) is 15.7. The number of nitro groups is 1. The van der Waals surface area contributed by atoms with Gasteiger partial charge in [-0.05, 0) is 29.7 Å². The van der Waals surface area contributed by atoms with Gasteiger partial charge in [0.25, 0.3) is 0 Å². The maximum atomic E-state index is 13.6. The summed E-state index contributed by atoms with van der Waals surface area (Å²) in [6.07, 6.45) is -1.33. The van der Waals surface area contributed by atoms with Crippen molar-refractivity contribution in [2.24, 2.45) is 5.41 Å². The molecule has 144 valence electrons. The average molecular weight is 397 g/mol. The summed E-state index contributed by atoms with van der Waals surface area (Å²) in [7, 11) is 0. The Morgan fingerprint density at radius 2 is 2.00 bits per heavy atom. The summed E-state index contributed by atoms with van der Waals surface area (Å²) in [5.74, 6) is -0.956. The summed E-state index contributed by atoms with van der Waals surface area (Å²) in [4.78, 5) is 23.5. The second-order valence-electron chi connectivity index (χ2n) is 6.99. The molecule has 0 saturated carbocycles. The maximum absolute atomic E-state index is 13.6. The quantitative estimate of drug-likeness (QED) is 0.516. The van der Waals surface area contributed by atoms with Crippen molar-refractivity contribution in [2.75, 3.05) is 11.4 Å². The second-order valence-corrected chi connectivity index (χ2v) is 7.40. The van der Waals surface area contributed by atoms with Gasteiger partial charge in [-0.25, -0.2) is 9.18 Å². The minimum atomic E-state index is -1.33. The summed E-state index contributed by atoms with van der Waals surface area (Å²) in [6, 6.07) is 7.67. The molecule has 0 heterocycles. The van der Waals surface area contributed by atoms with Crippen molar-refractivity contribution in [2.45, 2.75) is 20.8 Å². The van der Waals surface area contributed by atoms with Crippen LogP contribution in [0.5, 0.6) is 11.5 Å². The number of rotatable bonds is 5. The number of anilines is 1. The third-order valence-corrected chi connectivity index (χ3v) is 3.74. The first-order chi connectivity index (χ1) is 12.5. The Kier molecular flexibility index (Phi) is 5.90. The standard InChI is InChI=1S/C18H18ClFN2O5/c1-18(2,3)10-21(17(23)24)14-5-4-6-15(16(14)22(25)26)27-11-7-8-12(19)13(20)9-11/h4-9H,10H2,1-3H3,(H,23,24).